The van der Waals surface area contributed by atoms with Crippen molar-refractivity contribution in [3.05, 3.63) is 0 Å². The van der Waals surface area contributed by atoms with Gasteiger partial charge in [-0.3, -0.25) is 4.18 Å². The van der Waals surface area contributed by atoms with Crippen molar-refractivity contribution in [2.45, 2.75) is 37.5 Å². The van der Waals surface area contributed by atoms with Crippen molar-refractivity contribution in [3.8, 4) is 0 Å². The highest BCUT2D eigenvalue weighted by molar-refractivity contribution is 7.86. The molecule has 0 radical (unpaired) electrons. The van der Waals surface area contributed by atoms with Gasteiger partial charge in [-0.1, -0.05) is 0 Å². The summed E-state index contributed by atoms with van der Waals surface area (Å²) in [5.74, 6) is -0.681. The second kappa shape index (κ2) is 4.74. The zero-order valence-electron chi connectivity index (χ0n) is 9.33. The quantitative estimate of drug-likeness (QED) is 0.792. The van der Waals surface area contributed by atoms with Crippen LogP contribution >= 0.6 is 0 Å². The molecule has 102 valence electrons. The van der Waals surface area contributed by atoms with Crippen LogP contribution in [-0.4, -0.2) is 38.2 Å². The molecule has 0 unspecified atom stereocenters. The summed E-state index contributed by atoms with van der Waals surface area (Å²) in [6.45, 7) is 0. The van der Waals surface area contributed by atoms with Crippen molar-refractivity contribution in [2.24, 2.45) is 5.92 Å². The van der Waals surface area contributed by atoms with E-state index in [1.165, 1.54) is 0 Å². The summed E-state index contributed by atoms with van der Waals surface area (Å²) in [4.78, 5) is 0. The van der Waals surface area contributed by atoms with E-state index < -0.39 is 34.7 Å². The maximum absolute atomic E-state index is 12.5. The highest BCUT2D eigenvalue weighted by Crippen LogP contribution is 2.43. The average Bonchev–Trinajstić information content (AvgIpc) is 2.20. The van der Waals surface area contributed by atoms with E-state index in [9.17, 15) is 26.7 Å². The summed E-state index contributed by atoms with van der Waals surface area (Å²) >= 11 is 0. The zero-order chi connectivity index (χ0) is 13.3. The zero-order valence-corrected chi connectivity index (χ0v) is 10.1. The number of halogens is 3. The second-order valence-electron chi connectivity index (χ2n) is 4.36. The van der Waals surface area contributed by atoms with Gasteiger partial charge in [0.2, 0.25) is 0 Å². The third kappa shape index (κ3) is 3.56. The Balaban J connectivity index is 2.58. The van der Waals surface area contributed by atoms with Gasteiger partial charge in [0, 0.05) is 0 Å². The summed E-state index contributed by atoms with van der Waals surface area (Å²) in [6, 6.07) is 0. The van der Waals surface area contributed by atoms with E-state index in [4.69, 9.17) is 0 Å². The predicted molar refractivity (Wildman–Crippen MR) is 53.8 cm³/mol. The van der Waals surface area contributed by atoms with Crippen LogP contribution in [0.4, 0.5) is 13.2 Å². The summed E-state index contributed by atoms with van der Waals surface area (Å²) in [5, 5.41) is 9.38. The van der Waals surface area contributed by atoms with Crippen LogP contribution in [0.2, 0.25) is 0 Å². The van der Waals surface area contributed by atoms with E-state index in [0.29, 0.717) is 0 Å². The molecule has 0 bridgehead atoms. The first-order valence-electron chi connectivity index (χ1n) is 5.17. The number of hydrogen-bond acceptors (Lipinski definition) is 4. The average molecular weight is 276 g/mol. The van der Waals surface area contributed by atoms with Crippen LogP contribution in [0.3, 0.4) is 0 Å². The lowest BCUT2D eigenvalue weighted by Crippen LogP contribution is -2.48. The molecule has 1 N–H and O–H groups in total. The van der Waals surface area contributed by atoms with E-state index in [1.54, 1.807) is 0 Å². The molecule has 0 aliphatic heterocycles. The molecular formula is C9H15F3O4S. The molecule has 17 heavy (non-hydrogen) atoms. The first kappa shape index (κ1) is 14.7. The summed E-state index contributed by atoms with van der Waals surface area (Å²) in [5.41, 5.74) is -2.67. The molecule has 1 aliphatic carbocycles. The molecule has 0 spiro atoms. The monoisotopic (exact) mass is 276 g/mol. The van der Waals surface area contributed by atoms with Crippen molar-refractivity contribution in [1.82, 2.24) is 0 Å². The highest BCUT2D eigenvalue weighted by Gasteiger charge is 2.54. The number of alkyl halides is 3. The first-order valence-corrected chi connectivity index (χ1v) is 6.75. The maximum atomic E-state index is 12.5. The van der Waals surface area contributed by atoms with Crippen LogP contribution in [0.5, 0.6) is 0 Å². The maximum Gasteiger partial charge on any atom is 0.417 e. The van der Waals surface area contributed by atoms with Crippen LogP contribution in [0.1, 0.15) is 25.7 Å². The van der Waals surface area contributed by atoms with Gasteiger partial charge in [-0.05, 0) is 31.6 Å². The fourth-order valence-corrected chi connectivity index (χ4v) is 3.01. The highest BCUT2D eigenvalue weighted by atomic mass is 32.2. The normalized spacial score (nSPS) is 31.5. The Morgan fingerprint density at radius 1 is 1.35 bits per heavy atom. The van der Waals surface area contributed by atoms with E-state index in [2.05, 4.69) is 4.18 Å². The molecule has 0 heterocycles. The van der Waals surface area contributed by atoms with Gasteiger partial charge in [-0.15, -0.1) is 0 Å². The lowest BCUT2D eigenvalue weighted by Gasteiger charge is -2.36. The fraction of sp³-hybridized carbons (Fsp3) is 1.00. The predicted octanol–water partition coefficient (Wildman–Crippen LogP) is 1.45. The van der Waals surface area contributed by atoms with Crippen LogP contribution < -0.4 is 0 Å². The van der Waals surface area contributed by atoms with Gasteiger partial charge in [-0.2, -0.15) is 21.6 Å². The Labute approximate surface area is 97.9 Å². The Morgan fingerprint density at radius 3 is 2.18 bits per heavy atom. The molecule has 1 saturated carbocycles. The Bertz CT molecular complexity index is 355. The summed E-state index contributed by atoms with van der Waals surface area (Å²) in [7, 11) is -2.64. The molecule has 0 aromatic carbocycles. The largest absolute Gasteiger partial charge is 0.417 e. The van der Waals surface area contributed by atoms with Gasteiger partial charge in [0.25, 0.3) is 10.1 Å². The van der Waals surface area contributed by atoms with Crippen molar-refractivity contribution < 1.29 is 30.9 Å². The smallest absolute Gasteiger partial charge is 0.380 e. The van der Waals surface area contributed by atoms with Gasteiger partial charge in [0.05, 0.1) is 12.9 Å². The van der Waals surface area contributed by atoms with E-state index in [1.807, 2.05) is 0 Å². The van der Waals surface area contributed by atoms with Crippen molar-refractivity contribution in [3.63, 3.8) is 0 Å². The molecule has 1 fully saturated rings. The van der Waals surface area contributed by atoms with E-state index >= 15 is 0 Å². The Hall–Kier alpha value is -0.340. The number of rotatable bonds is 3. The number of hydrogen-bond donors (Lipinski definition) is 1. The van der Waals surface area contributed by atoms with Crippen LogP contribution in [-0.2, 0) is 14.3 Å². The Kier molecular flexibility index (Phi) is 4.10. The molecule has 0 atom stereocenters. The van der Waals surface area contributed by atoms with Crippen LogP contribution in [0.25, 0.3) is 0 Å². The minimum Gasteiger partial charge on any atom is -0.380 e. The van der Waals surface area contributed by atoms with Gasteiger partial charge in [0.1, 0.15) is 0 Å². The van der Waals surface area contributed by atoms with Crippen molar-refractivity contribution in [2.75, 3.05) is 12.9 Å². The molecule has 1 aliphatic rings. The van der Waals surface area contributed by atoms with Gasteiger partial charge < -0.3 is 5.11 Å². The second-order valence-corrected chi connectivity index (χ2v) is 6.15. The Morgan fingerprint density at radius 2 is 1.82 bits per heavy atom. The standard InChI is InChI=1S/C9H15F3O4S/c1-16-17(14,15)6-7-2-4-8(13,5-3-7)9(10,11)12/h7,13H,2-6H2,1H3. The minimum absolute atomic E-state index is 0.0264. The van der Waals surface area contributed by atoms with Crippen LogP contribution in [0.15, 0.2) is 0 Å². The van der Waals surface area contributed by atoms with Crippen molar-refractivity contribution >= 4 is 10.1 Å². The molecule has 4 nitrogen and oxygen atoms in total. The topological polar surface area (TPSA) is 63.6 Å². The molecule has 8 heteroatoms. The third-order valence-electron chi connectivity index (χ3n) is 3.15. The third-order valence-corrected chi connectivity index (χ3v) is 4.54. The minimum atomic E-state index is -4.65. The molecule has 0 saturated heterocycles. The summed E-state index contributed by atoms with van der Waals surface area (Å²) < 4.78 is 63.9. The van der Waals surface area contributed by atoms with E-state index in [-0.39, 0.29) is 24.5 Å². The molecular weight excluding hydrogens is 261 g/mol. The lowest BCUT2D eigenvalue weighted by molar-refractivity contribution is -0.271. The van der Waals surface area contributed by atoms with Crippen molar-refractivity contribution in [1.29, 1.82) is 0 Å². The molecule has 1 rings (SSSR count). The molecule has 0 aromatic heterocycles. The van der Waals surface area contributed by atoms with Gasteiger partial charge in [0.15, 0.2) is 5.60 Å². The molecule has 0 aromatic rings. The molecule has 0 amide bonds. The summed E-state index contributed by atoms with van der Waals surface area (Å²) in [6.07, 6.45) is -5.52. The van der Waals surface area contributed by atoms with Crippen LogP contribution in [0, 0.1) is 5.92 Å². The lowest BCUT2D eigenvalue weighted by atomic mass is 9.79. The van der Waals surface area contributed by atoms with E-state index in [0.717, 1.165) is 7.11 Å². The SMILES string of the molecule is COS(=O)(=O)CC1CCC(O)(C(F)(F)F)CC1. The fourth-order valence-electron chi connectivity index (χ4n) is 1.96. The van der Waals surface area contributed by atoms with Gasteiger partial charge in [-0.25, -0.2) is 0 Å². The number of aliphatic hydroxyl groups is 1. The van der Waals surface area contributed by atoms with Gasteiger partial charge >= 0.3 is 6.18 Å². The first-order chi connectivity index (χ1) is 7.60.